The number of ether oxygens (including phenoxy) is 1. The van der Waals surface area contributed by atoms with Crippen molar-refractivity contribution in [3.05, 3.63) is 28.2 Å². The lowest BCUT2D eigenvalue weighted by Crippen LogP contribution is -2.51. The molecule has 0 unspecified atom stereocenters. The number of hydrogen-bond donors (Lipinski definition) is 1. The molecule has 110 valence electrons. The number of amides is 1. The van der Waals surface area contributed by atoms with Crippen molar-refractivity contribution in [1.29, 1.82) is 0 Å². The molecule has 0 spiro atoms. The van der Waals surface area contributed by atoms with Gasteiger partial charge in [0.2, 0.25) is 0 Å². The third kappa shape index (κ3) is 4.90. The first kappa shape index (κ1) is 16.6. The number of benzene rings is 1. The van der Waals surface area contributed by atoms with Crippen LogP contribution in [0.1, 0.15) is 13.8 Å². The summed E-state index contributed by atoms with van der Waals surface area (Å²) in [5, 5.41) is 13.9. The van der Waals surface area contributed by atoms with Gasteiger partial charge in [-0.05, 0) is 24.1 Å². The molecule has 0 saturated heterocycles. The van der Waals surface area contributed by atoms with Gasteiger partial charge in [0.05, 0.1) is 17.0 Å². The first-order valence-electron chi connectivity index (χ1n) is 5.89. The van der Waals surface area contributed by atoms with E-state index in [2.05, 4.69) is 5.32 Å². The molecule has 1 aromatic rings. The zero-order valence-corrected chi connectivity index (χ0v) is 12.5. The number of carbonyl (C=O) groups excluding carboxylic acids is 2. The summed E-state index contributed by atoms with van der Waals surface area (Å²) in [4.78, 5) is 22.5. The normalized spacial score (nSPS) is 12.1. The Morgan fingerprint density at radius 2 is 2.00 bits per heavy atom. The fraction of sp³-hybridized carbons (Fsp3) is 0.385. The number of carbonyl (C=O) groups is 2. The number of carboxylic acids is 1. The predicted octanol–water partition coefficient (Wildman–Crippen LogP) is 1.26. The van der Waals surface area contributed by atoms with E-state index in [9.17, 15) is 14.7 Å². The van der Waals surface area contributed by atoms with E-state index in [1.807, 2.05) is 0 Å². The van der Waals surface area contributed by atoms with Crippen molar-refractivity contribution in [3.63, 3.8) is 0 Å². The van der Waals surface area contributed by atoms with Crippen LogP contribution in [0.4, 0.5) is 0 Å². The number of nitrogens with one attached hydrogen (secondary N) is 1. The second-order valence-electron chi connectivity index (χ2n) is 4.47. The maximum Gasteiger partial charge on any atom is 0.258 e. The summed E-state index contributed by atoms with van der Waals surface area (Å²) >= 11 is 11.6. The summed E-state index contributed by atoms with van der Waals surface area (Å²) < 4.78 is 5.20. The van der Waals surface area contributed by atoms with Gasteiger partial charge < -0.3 is 20.0 Å². The third-order valence-electron chi connectivity index (χ3n) is 2.49. The highest BCUT2D eigenvalue weighted by Crippen LogP contribution is 2.27. The van der Waals surface area contributed by atoms with Crippen LogP contribution < -0.4 is 15.2 Å². The van der Waals surface area contributed by atoms with Gasteiger partial charge in [0.15, 0.2) is 6.61 Å². The molecule has 1 amide bonds. The first-order chi connectivity index (χ1) is 9.31. The fourth-order valence-electron chi connectivity index (χ4n) is 1.45. The van der Waals surface area contributed by atoms with E-state index >= 15 is 0 Å². The van der Waals surface area contributed by atoms with Crippen molar-refractivity contribution in [2.45, 2.75) is 19.9 Å². The Hall–Kier alpha value is -1.46. The van der Waals surface area contributed by atoms with Gasteiger partial charge in [0.25, 0.3) is 5.91 Å². The average Bonchev–Trinajstić information content (AvgIpc) is 2.34. The molecule has 0 bridgehead atoms. The Morgan fingerprint density at radius 1 is 1.35 bits per heavy atom. The summed E-state index contributed by atoms with van der Waals surface area (Å²) in [5.41, 5.74) is 0. The van der Waals surface area contributed by atoms with Crippen molar-refractivity contribution < 1.29 is 19.4 Å². The largest absolute Gasteiger partial charge is 0.548 e. The van der Waals surface area contributed by atoms with Crippen molar-refractivity contribution >= 4 is 35.1 Å². The lowest BCUT2D eigenvalue weighted by atomic mass is 10.1. The number of rotatable bonds is 6. The summed E-state index contributed by atoms with van der Waals surface area (Å²) in [6.45, 7) is 2.98. The van der Waals surface area contributed by atoms with Gasteiger partial charge in [-0.15, -0.1) is 0 Å². The zero-order chi connectivity index (χ0) is 15.3. The number of carboxylic acid groups (broad SMARTS) is 1. The Labute approximate surface area is 126 Å². The molecule has 0 heterocycles. The van der Waals surface area contributed by atoms with E-state index in [-0.39, 0.29) is 17.5 Å². The molecule has 0 fully saturated rings. The minimum Gasteiger partial charge on any atom is -0.548 e. The van der Waals surface area contributed by atoms with E-state index in [1.165, 1.54) is 12.1 Å². The number of halogens is 2. The highest BCUT2D eigenvalue weighted by molar-refractivity contribution is 6.35. The molecule has 5 nitrogen and oxygen atoms in total. The van der Waals surface area contributed by atoms with Crippen molar-refractivity contribution in [1.82, 2.24) is 5.32 Å². The maximum absolute atomic E-state index is 11.6. The van der Waals surface area contributed by atoms with Gasteiger partial charge in [0, 0.05) is 5.02 Å². The Kier molecular flexibility index (Phi) is 6.10. The molecule has 1 rings (SSSR count). The van der Waals surface area contributed by atoms with Gasteiger partial charge in [-0.1, -0.05) is 37.0 Å². The minimum absolute atomic E-state index is 0.269. The van der Waals surface area contributed by atoms with Crippen LogP contribution in [-0.4, -0.2) is 24.5 Å². The highest BCUT2D eigenvalue weighted by atomic mass is 35.5. The standard InChI is InChI=1S/C13H15Cl2NO4/c1-7(2)12(13(18)19)16-11(17)6-20-10-4-3-8(14)5-9(10)15/h3-5,7,12H,6H2,1-2H3,(H,16,17)(H,18,19)/p-1/t12-/m1/s1. The van der Waals surface area contributed by atoms with Crippen LogP contribution >= 0.6 is 23.2 Å². The van der Waals surface area contributed by atoms with Gasteiger partial charge in [-0.25, -0.2) is 0 Å². The highest BCUT2D eigenvalue weighted by Gasteiger charge is 2.17. The second-order valence-corrected chi connectivity index (χ2v) is 5.32. The number of hydrogen-bond acceptors (Lipinski definition) is 4. The summed E-state index contributed by atoms with van der Waals surface area (Å²) in [6.07, 6.45) is 0. The molecule has 7 heteroatoms. The monoisotopic (exact) mass is 318 g/mol. The minimum atomic E-state index is -1.34. The smallest absolute Gasteiger partial charge is 0.258 e. The lowest BCUT2D eigenvalue weighted by molar-refractivity contribution is -0.309. The molecule has 0 aromatic heterocycles. The molecule has 0 saturated carbocycles. The van der Waals surface area contributed by atoms with E-state index in [4.69, 9.17) is 27.9 Å². The van der Waals surface area contributed by atoms with Crippen LogP contribution in [0.25, 0.3) is 0 Å². The van der Waals surface area contributed by atoms with Crippen LogP contribution in [-0.2, 0) is 9.59 Å². The van der Waals surface area contributed by atoms with E-state index in [0.29, 0.717) is 10.8 Å². The quantitative estimate of drug-likeness (QED) is 0.856. The Bertz CT molecular complexity index is 505. The second kappa shape index (κ2) is 7.36. The van der Waals surface area contributed by atoms with Crippen LogP contribution in [0.5, 0.6) is 5.75 Å². The SMILES string of the molecule is CC(C)[C@@H](NC(=O)COc1ccc(Cl)cc1Cl)C(=O)[O-]. The van der Waals surface area contributed by atoms with Crippen LogP contribution in [0.2, 0.25) is 10.0 Å². The molecule has 20 heavy (non-hydrogen) atoms. The molecule has 1 N–H and O–H groups in total. The number of aliphatic carboxylic acids is 1. The van der Waals surface area contributed by atoms with Crippen LogP contribution in [0.3, 0.4) is 0 Å². The molecule has 0 aliphatic rings. The molecule has 0 aliphatic carbocycles. The zero-order valence-electron chi connectivity index (χ0n) is 11.0. The maximum atomic E-state index is 11.6. The third-order valence-corrected chi connectivity index (χ3v) is 3.02. The van der Waals surface area contributed by atoms with Crippen molar-refractivity contribution in [3.8, 4) is 5.75 Å². The first-order valence-corrected chi connectivity index (χ1v) is 6.65. The molecule has 1 atom stereocenters. The van der Waals surface area contributed by atoms with E-state index in [1.54, 1.807) is 19.9 Å². The van der Waals surface area contributed by atoms with Gasteiger partial charge in [0.1, 0.15) is 5.75 Å². The molecule has 0 radical (unpaired) electrons. The van der Waals surface area contributed by atoms with E-state index in [0.717, 1.165) is 0 Å². The molecule has 1 aromatic carbocycles. The van der Waals surface area contributed by atoms with Gasteiger partial charge in [-0.2, -0.15) is 0 Å². The Balaban J connectivity index is 2.57. The van der Waals surface area contributed by atoms with Gasteiger partial charge >= 0.3 is 0 Å². The van der Waals surface area contributed by atoms with Crippen LogP contribution in [0.15, 0.2) is 18.2 Å². The predicted molar refractivity (Wildman–Crippen MR) is 73.7 cm³/mol. The summed E-state index contributed by atoms with van der Waals surface area (Å²) in [7, 11) is 0. The van der Waals surface area contributed by atoms with Crippen molar-refractivity contribution in [2.75, 3.05) is 6.61 Å². The molecular formula is C13H14Cl2NO4-. The van der Waals surface area contributed by atoms with Crippen LogP contribution in [0, 0.1) is 5.92 Å². The Morgan fingerprint density at radius 3 is 2.50 bits per heavy atom. The van der Waals surface area contributed by atoms with Crippen molar-refractivity contribution in [2.24, 2.45) is 5.92 Å². The molecule has 0 aliphatic heterocycles. The lowest BCUT2D eigenvalue weighted by Gasteiger charge is -2.23. The summed E-state index contributed by atoms with van der Waals surface area (Å²) in [5.74, 6) is -1.90. The molecular weight excluding hydrogens is 305 g/mol. The average molecular weight is 319 g/mol. The van der Waals surface area contributed by atoms with Gasteiger partial charge in [-0.3, -0.25) is 4.79 Å². The topological polar surface area (TPSA) is 78.5 Å². The fourth-order valence-corrected chi connectivity index (χ4v) is 1.91. The summed E-state index contributed by atoms with van der Waals surface area (Å²) in [6, 6.07) is 3.51. The van der Waals surface area contributed by atoms with E-state index < -0.39 is 17.9 Å².